The number of aromatic nitrogens is 3. The van der Waals surface area contributed by atoms with Crippen LogP contribution in [0.3, 0.4) is 0 Å². The molecule has 0 bridgehead atoms. The third-order valence-corrected chi connectivity index (χ3v) is 6.67. The van der Waals surface area contributed by atoms with E-state index in [2.05, 4.69) is 63.1 Å². The minimum atomic E-state index is -0.262. The van der Waals surface area contributed by atoms with Gasteiger partial charge in [0.05, 0.1) is 23.6 Å². The summed E-state index contributed by atoms with van der Waals surface area (Å²) in [5.74, 6) is -0.262. The molecule has 1 N–H and O–H groups in total. The summed E-state index contributed by atoms with van der Waals surface area (Å²) in [7, 11) is 0. The molecule has 0 saturated heterocycles. The van der Waals surface area contributed by atoms with Crippen LogP contribution in [-0.2, 0) is 0 Å². The average molecular weight is 485 g/mol. The molecule has 0 spiro atoms. The number of nitrogens with zero attached hydrogens (tertiary/aromatic N) is 3. The molecule has 4 rings (SSSR count). The van der Waals surface area contributed by atoms with Crippen LogP contribution < -0.4 is 5.32 Å². The number of hydrogen-bond donors (Lipinski definition) is 1. The van der Waals surface area contributed by atoms with Crippen molar-refractivity contribution in [1.29, 1.82) is 0 Å². The van der Waals surface area contributed by atoms with Gasteiger partial charge in [0, 0.05) is 22.2 Å². The maximum Gasteiger partial charge on any atom is 0.123 e. The minimum absolute atomic E-state index is 0.0891. The third kappa shape index (κ3) is 4.32. The highest BCUT2D eigenvalue weighted by atomic mass is 79.9. The molecular formula is C23H22BrFN4S. The highest BCUT2D eigenvalue weighted by molar-refractivity contribution is 9.10. The first-order valence-electron chi connectivity index (χ1n) is 9.84. The summed E-state index contributed by atoms with van der Waals surface area (Å²) in [6.07, 6.45) is 11.0. The second-order valence-corrected chi connectivity index (χ2v) is 8.72. The summed E-state index contributed by atoms with van der Waals surface area (Å²) >= 11 is 5.06. The molecule has 0 amide bonds. The number of hydrogen-bond acceptors (Lipinski definition) is 4. The molecule has 7 heteroatoms. The van der Waals surface area contributed by atoms with Gasteiger partial charge in [-0.25, -0.2) is 14.1 Å². The molecule has 1 aliphatic carbocycles. The van der Waals surface area contributed by atoms with Gasteiger partial charge < -0.3 is 5.32 Å². The van der Waals surface area contributed by atoms with Crippen molar-refractivity contribution < 1.29 is 4.39 Å². The summed E-state index contributed by atoms with van der Waals surface area (Å²) in [5.41, 5.74) is 4.67. The monoisotopic (exact) mass is 484 g/mol. The van der Waals surface area contributed by atoms with E-state index in [-0.39, 0.29) is 11.9 Å². The topological polar surface area (TPSA) is 42.7 Å². The fraction of sp³-hybridized carbons (Fsp3) is 0.217. The quantitative estimate of drug-likeness (QED) is 0.424. The number of benzene rings is 1. The normalized spacial score (nSPS) is 17.2. The molecule has 0 fully saturated rings. The van der Waals surface area contributed by atoms with E-state index in [9.17, 15) is 4.39 Å². The molecule has 4 nitrogen and oxygen atoms in total. The Morgan fingerprint density at radius 1 is 1.33 bits per heavy atom. The van der Waals surface area contributed by atoms with Crippen LogP contribution in [0, 0.1) is 5.82 Å². The highest BCUT2D eigenvalue weighted by Gasteiger charge is 2.20. The van der Waals surface area contributed by atoms with E-state index >= 15 is 0 Å². The minimum Gasteiger partial charge on any atom is -0.376 e. The number of halogens is 2. The van der Waals surface area contributed by atoms with Gasteiger partial charge in [0.25, 0.3) is 0 Å². The summed E-state index contributed by atoms with van der Waals surface area (Å²) in [6.45, 7) is 6.47. The fourth-order valence-electron chi connectivity index (χ4n) is 3.48. The van der Waals surface area contributed by atoms with E-state index in [0.717, 1.165) is 57.1 Å². The van der Waals surface area contributed by atoms with Crippen LogP contribution in [0.1, 0.15) is 48.5 Å². The number of rotatable bonds is 6. The molecule has 2 aromatic heterocycles. The maximum atomic E-state index is 13.4. The van der Waals surface area contributed by atoms with Gasteiger partial charge in [0.1, 0.15) is 15.4 Å². The molecule has 2 heterocycles. The Morgan fingerprint density at radius 2 is 2.13 bits per heavy atom. The predicted octanol–water partition coefficient (Wildman–Crippen LogP) is 6.68. The van der Waals surface area contributed by atoms with Crippen molar-refractivity contribution in [2.45, 2.75) is 32.2 Å². The second-order valence-electron chi connectivity index (χ2n) is 7.02. The van der Waals surface area contributed by atoms with Crippen LogP contribution >= 0.6 is 27.3 Å². The van der Waals surface area contributed by atoms with E-state index in [1.807, 2.05) is 16.3 Å². The van der Waals surface area contributed by atoms with Gasteiger partial charge in [-0.15, -0.1) is 11.3 Å². The Hall–Kier alpha value is -2.51. The Bertz CT molecular complexity index is 1110. The van der Waals surface area contributed by atoms with Crippen molar-refractivity contribution in [3.8, 4) is 5.69 Å². The van der Waals surface area contributed by atoms with Gasteiger partial charge in [0.2, 0.25) is 0 Å². The molecule has 0 unspecified atom stereocenters. The van der Waals surface area contributed by atoms with Crippen LogP contribution in [0.4, 0.5) is 4.39 Å². The van der Waals surface area contributed by atoms with Crippen molar-refractivity contribution in [3.63, 3.8) is 0 Å². The first-order chi connectivity index (χ1) is 14.6. The molecule has 1 aliphatic rings. The molecule has 1 atom stereocenters. The number of thiazole rings is 1. The molecule has 0 aliphatic heterocycles. The van der Waals surface area contributed by atoms with E-state index < -0.39 is 0 Å². The molecular weight excluding hydrogens is 463 g/mol. The van der Waals surface area contributed by atoms with Gasteiger partial charge in [-0.1, -0.05) is 25.7 Å². The average Bonchev–Trinajstić information content (AvgIpc) is 3.33. The van der Waals surface area contributed by atoms with Crippen LogP contribution in [0.2, 0.25) is 0 Å². The van der Waals surface area contributed by atoms with Gasteiger partial charge in [-0.3, -0.25) is 0 Å². The van der Waals surface area contributed by atoms with Crippen molar-refractivity contribution in [2.75, 3.05) is 0 Å². The SMILES string of the molecule is C=C(N[C@@H](CC)c1nc(Br)cs1)/C1=C/CC/C=C\c2c1cnn2-c1ccc(F)cc1. The predicted molar refractivity (Wildman–Crippen MR) is 125 cm³/mol. The standard InChI is InChI=1S/C23H22BrFN4S/c1-3-20(23-28-22(24)14-30-23)27-15(2)18-7-5-4-6-8-21-19(18)13-26-29(21)17-11-9-16(25)10-12-17/h6-14,20,27H,2-5H2,1H3/b8-6-,18-7-/t20-/m0/s1. The van der Waals surface area contributed by atoms with Gasteiger partial charge >= 0.3 is 0 Å². The van der Waals surface area contributed by atoms with E-state index in [4.69, 9.17) is 0 Å². The third-order valence-electron chi connectivity index (χ3n) is 5.00. The number of fused-ring (bicyclic) bond motifs is 1. The number of nitrogens with one attached hydrogen (secondary N) is 1. The molecule has 0 saturated carbocycles. The summed E-state index contributed by atoms with van der Waals surface area (Å²) in [6, 6.07) is 6.46. The van der Waals surface area contributed by atoms with Crippen molar-refractivity contribution >= 4 is 38.9 Å². The Kier molecular flexibility index (Phi) is 6.29. The number of allylic oxidation sites excluding steroid dienone is 3. The lowest BCUT2D eigenvalue weighted by Crippen LogP contribution is -2.20. The van der Waals surface area contributed by atoms with Gasteiger partial charge in [-0.05, 0) is 65.5 Å². The second kappa shape index (κ2) is 9.10. The Morgan fingerprint density at radius 3 is 2.83 bits per heavy atom. The van der Waals surface area contributed by atoms with Crippen molar-refractivity contribution in [2.24, 2.45) is 0 Å². The Labute approximate surface area is 188 Å². The van der Waals surface area contributed by atoms with Crippen molar-refractivity contribution in [3.05, 3.63) is 87.0 Å². The largest absolute Gasteiger partial charge is 0.376 e. The first-order valence-corrected chi connectivity index (χ1v) is 11.5. The smallest absolute Gasteiger partial charge is 0.123 e. The molecule has 30 heavy (non-hydrogen) atoms. The molecule has 154 valence electrons. The molecule has 1 aromatic carbocycles. The van der Waals surface area contributed by atoms with Gasteiger partial charge in [0.15, 0.2) is 0 Å². The summed E-state index contributed by atoms with van der Waals surface area (Å²) in [4.78, 5) is 4.56. The van der Waals surface area contributed by atoms with E-state index in [0.29, 0.717) is 0 Å². The fourth-order valence-corrected chi connectivity index (χ4v) is 4.88. The van der Waals surface area contributed by atoms with Crippen LogP contribution in [-0.4, -0.2) is 14.8 Å². The lowest BCUT2D eigenvalue weighted by atomic mass is 9.98. The summed E-state index contributed by atoms with van der Waals surface area (Å²) in [5, 5.41) is 11.2. The van der Waals surface area contributed by atoms with Crippen LogP contribution in [0.25, 0.3) is 17.3 Å². The van der Waals surface area contributed by atoms with E-state index in [1.165, 1.54) is 12.1 Å². The lowest BCUT2D eigenvalue weighted by Gasteiger charge is -2.21. The van der Waals surface area contributed by atoms with Crippen molar-refractivity contribution in [1.82, 2.24) is 20.1 Å². The first kappa shape index (κ1) is 20.8. The van der Waals surface area contributed by atoms with E-state index in [1.54, 1.807) is 23.5 Å². The summed E-state index contributed by atoms with van der Waals surface area (Å²) < 4.78 is 16.1. The highest BCUT2D eigenvalue weighted by Crippen LogP contribution is 2.32. The zero-order chi connectivity index (χ0) is 21.1. The lowest BCUT2D eigenvalue weighted by molar-refractivity contribution is 0.586. The van der Waals surface area contributed by atoms with Crippen LogP contribution in [0.5, 0.6) is 0 Å². The zero-order valence-corrected chi connectivity index (χ0v) is 19.0. The Balaban J connectivity index is 1.67. The molecule has 3 aromatic rings. The zero-order valence-electron chi connectivity index (χ0n) is 16.6. The maximum absolute atomic E-state index is 13.4. The molecule has 0 radical (unpaired) electrons. The van der Waals surface area contributed by atoms with Gasteiger partial charge in [-0.2, -0.15) is 5.10 Å². The van der Waals surface area contributed by atoms with Crippen LogP contribution in [0.15, 0.2) is 64.9 Å².